The number of hydrogen-bond donors (Lipinski definition) is 2. The number of hydrogen-bond acceptors (Lipinski definition) is 4. The van der Waals surface area contributed by atoms with E-state index in [1.54, 1.807) is 11.8 Å². The SMILES string of the molecule is CCCCn1ccnc1-c1cccc(NC(=O)[C@@H](N)CCSC)c1.Cl.Cl. The summed E-state index contributed by atoms with van der Waals surface area (Å²) >= 11 is 1.69. The highest BCUT2D eigenvalue weighted by molar-refractivity contribution is 7.98. The molecule has 0 bridgehead atoms. The molecule has 0 aliphatic carbocycles. The highest BCUT2D eigenvalue weighted by Crippen LogP contribution is 2.22. The average molecular weight is 419 g/mol. The minimum Gasteiger partial charge on any atom is -0.331 e. The lowest BCUT2D eigenvalue weighted by molar-refractivity contribution is -0.117. The third-order valence-corrected chi connectivity index (χ3v) is 4.47. The van der Waals surface area contributed by atoms with Gasteiger partial charge in [-0.05, 0) is 37.0 Å². The van der Waals surface area contributed by atoms with E-state index in [2.05, 4.69) is 21.8 Å². The van der Waals surface area contributed by atoms with Gasteiger partial charge in [0.05, 0.1) is 6.04 Å². The number of rotatable bonds is 9. The van der Waals surface area contributed by atoms with Crippen LogP contribution in [-0.2, 0) is 11.3 Å². The smallest absolute Gasteiger partial charge is 0.241 e. The van der Waals surface area contributed by atoms with E-state index in [0.717, 1.165) is 42.2 Å². The van der Waals surface area contributed by atoms with Crippen LogP contribution in [0.3, 0.4) is 0 Å². The maximum absolute atomic E-state index is 12.2. The Kier molecular flexibility index (Phi) is 12.4. The Bertz CT molecular complexity index is 666. The largest absolute Gasteiger partial charge is 0.331 e. The number of halogens is 2. The first kappa shape index (κ1) is 24.8. The summed E-state index contributed by atoms with van der Waals surface area (Å²) in [4.78, 5) is 16.6. The number of nitrogens with zero attached hydrogens (tertiary/aromatic N) is 2. The minimum atomic E-state index is -0.479. The van der Waals surface area contributed by atoms with Gasteiger partial charge in [-0.3, -0.25) is 4.79 Å². The first-order chi connectivity index (χ1) is 11.7. The van der Waals surface area contributed by atoms with Gasteiger partial charge in [-0.15, -0.1) is 24.8 Å². The summed E-state index contributed by atoms with van der Waals surface area (Å²) in [5, 5.41) is 2.91. The van der Waals surface area contributed by atoms with E-state index < -0.39 is 6.04 Å². The number of thioether (sulfide) groups is 1. The topological polar surface area (TPSA) is 72.9 Å². The lowest BCUT2D eigenvalue weighted by Crippen LogP contribution is -2.36. The molecule has 0 radical (unpaired) electrons. The highest BCUT2D eigenvalue weighted by atomic mass is 35.5. The molecule has 1 atom stereocenters. The van der Waals surface area contributed by atoms with Gasteiger partial charge < -0.3 is 15.6 Å². The van der Waals surface area contributed by atoms with Gasteiger partial charge in [0.1, 0.15) is 5.82 Å². The molecule has 0 aliphatic rings. The zero-order valence-electron chi connectivity index (χ0n) is 15.2. The van der Waals surface area contributed by atoms with Crippen LogP contribution in [0.15, 0.2) is 36.7 Å². The molecule has 5 nitrogen and oxygen atoms in total. The molecule has 2 aromatic rings. The van der Waals surface area contributed by atoms with Gasteiger partial charge in [-0.25, -0.2) is 4.98 Å². The van der Waals surface area contributed by atoms with Crippen molar-refractivity contribution in [1.82, 2.24) is 9.55 Å². The number of nitrogens with two attached hydrogens (primary N) is 1. The van der Waals surface area contributed by atoms with Crippen molar-refractivity contribution in [3.63, 3.8) is 0 Å². The number of nitrogens with one attached hydrogen (secondary N) is 1. The summed E-state index contributed by atoms with van der Waals surface area (Å²) in [6, 6.07) is 7.28. The van der Waals surface area contributed by atoms with Gasteiger partial charge in [0.2, 0.25) is 5.91 Å². The lowest BCUT2D eigenvalue weighted by atomic mass is 10.1. The van der Waals surface area contributed by atoms with Crippen molar-refractivity contribution < 1.29 is 4.79 Å². The van der Waals surface area contributed by atoms with Gasteiger partial charge in [-0.1, -0.05) is 25.5 Å². The van der Waals surface area contributed by atoms with Crippen molar-refractivity contribution in [2.45, 2.75) is 38.8 Å². The Morgan fingerprint density at radius 1 is 1.38 bits per heavy atom. The number of imidazole rings is 1. The third-order valence-electron chi connectivity index (χ3n) is 3.83. The molecule has 26 heavy (non-hydrogen) atoms. The monoisotopic (exact) mass is 418 g/mol. The second kappa shape index (κ2) is 13.0. The second-order valence-corrected chi connectivity index (χ2v) is 6.74. The zero-order valence-corrected chi connectivity index (χ0v) is 17.6. The van der Waals surface area contributed by atoms with E-state index in [-0.39, 0.29) is 30.7 Å². The number of aryl methyl sites for hydroxylation is 1. The third kappa shape index (κ3) is 7.19. The van der Waals surface area contributed by atoms with Crippen LogP contribution in [0.5, 0.6) is 0 Å². The summed E-state index contributed by atoms with van der Waals surface area (Å²) in [6.07, 6.45) is 8.75. The molecule has 0 unspecified atom stereocenters. The molecule has 0 aliphatic heterocycles. The van der Waals surface area contributed by atoms with Gasteiger partial charge in [-0.2, -0.15) is 11.8 Å². The number of carbonyl (C=O) groups excluding carboxylic acids is 1. The lowest BCUT2D eigenvalue weighted by Gasteiger charge is -2.13. The fourth-order valence-corrected chi connectivity index (χ4v) is 2.91. The molecule has 2 rings (SSSR count). The van der Waals surface area contributed by atoms with Crippen molar-refractivity contribution >= 4 is 48.2 Å². The maximum Gasteiger partial charge on any atom is 0.241 e. The molecule has 146 valence electrons. The number of carbonyl (C=O) groups is 1. The van der Waals surface area contributed by atoms with Crippen LogP contribution in [0.25, 0.3) is 11.4 Å². The number of amides is 1. The van der Waals surface area contributed by atoms with E-state index in [1.165, 1.54) is 0 Å². The van der Waals surface area contributed by atoms with Gasteiger partial charge >= 0.3 is 0 Å². The zero-order chi connectivity index (χ0) is 17.4. The second-order valence-electron chi connectivity index (χ2n) is 5.76. The quantitative estimate of drug-likeness (QED) is 0.639. The summed E-state index contributed by atoms with van der Waals surface area (Å²) in [6.45, 7) is 3.12. The molecule has 8 heteroatoms. The summed E-state index contributed by atoms with van der Waals surface area (Å²) in [5.74, 6) is 1.66. The summed E-state index contributed by atoms with van der Waals surface area (Å²) in [7, 11) is 0. The molecule has 0 saturated carbocycles. The number of unbranched alkanes of at least 4 members (excludes halogenated alkanes) is 1. The Morgan fingerprint density at radius 3 is 2.85 bits per heavy atom. The van der Waals surface area contributed by atoms with Crippen LogP contribution in [-0.4, -0.2) is 33.5 Å². The van der Waals surface area contributed by atoms with Crippen molar-refractivity contribution in [2.24, 2.45) is 5.73 Å². The summed E-state index contributed by atoms with van der Waals surface area (Å²) < 4.78 is 2.15. The van der Waals surface area contributed by atoms with Crippen molar-refractivity contribution in [2.75, 3.05) is 17.3 Å². The molecule has 3 N–H and O–H groups in total. The van der Waals surface area contributed by atoms with Crippen LogP contribution in [0.2, 0.25) is 0 Å². The Labute approximate surface area is 172 Å². The standard InChI is InChI=1S/C18H26N4OS.2ClH/c1-3-4-10-22-11-9-20-17(22)14-6-5-7-15(13-14)21-18(23)16(19)8-12-24-2;;/h5-7,9,11,13,16H,3-4,8,10,12,19H2,1-2H3,(H,21,23);2*1H/t16-;;/m0../s1. The molecule has 0 spiro atoms. The number of anilines is 1. The van der Waals surface area contributed by atoms with Crippen LogP contribution >= 0.6 is 36.6 Å². The number of aromatic nitrogens is 2. The normalized spacial score (nSPS) is 11.2. The summed E-state index contributed by atoms with van der Waals surface area (Å²) in [5.41, 5.74) is 7.67. The van der Waals surface area contributed by atoms with Crippen LogP contribution in [0.4, 0.5) is 5.69 Å². The molecular formula is C18H28Cl2N4OS. The van der Waals surface area contributed by atoms with E-state index >= 15 is 0 Å². The van der Waals surface area contributed by atoms with Crippen molar-refractivity contribution in [1.29, 1.82) is 0 Å². The molecule has 0 fully saturated rings. The molecule has 1 heterocycles. The van der Waals surface area contributed by atoms with Crippen LogP contribution in [0.1, 0.15) is 26.2 Å². The predicted octanol–water partition coefficient (Wildman–Crippen LogP) is 4.21. The first-order valence-corrected chi connectivity index (χ1v) is 9.72. The fraction of sp³-hybridized carbons (Fsp3) is 0.444. The highest BCUT2D eigenvalue weighted by Gasteiger charge is 2.14. The predicted molar refractivity (Wildman–Crippen MR) is 117 cm³/mol. The average Bonchev–Trinajstić information content (AvgIpc) is 3.06. The molecule has 1 aromatic heterocycles. The molecule has 1 aromatic carbocycles. The molecule has 1 amide bonds. The first-order valence-electron chi connectivity index (χ1n) is 8.32. The van der Waals surface area contributed by atoms with Gasteiger partial charge in [0, 0.05) is 30.2 Å². The molecular weight excluding hydrogens is 391 g/mol. The number of benzene rings is 1. The Morgan fingerprint density at radius 2 is 2.15 bits per heavy atom. The van der Waals surface area contributed by atoms with E-state index in [4.69, 9.17) is 5.73 Å². The Balaban J connectivity index is 0.00000312. The fourth-order valence-electron chi connectivity index (χ4n) is 2.43. The van der Waals surface area contributed by atoms with Crippen LogP contribution in [0, 0.1) is 0 Å². The van der Waals surface area contributed by atoms with E-state index in [1.807, 2.05) is 42.9 Å². The van der Waals surface area contributed by atoms with Crippen molar-refractivity contribution in [3.8, 4) is 11.4 Å². The van der Waals surface area contributed by atoms with Crippen molar-refractivity contribution in [3.05, 3.63) is 36.7 Å². The minimum absolute atomic E-state index is 0. The van der Waals surface area contributed by atoms with Gasteiger partial charge in [0.25, 0.3) is 0 Å². The van der Waals surface area contributed by atoms with Crippen LogP contribution < -0.4 is 11.1 Å². The van der Waals surface area contributed by atoms with E-state index in [0.29, 0.717) is 6.42 Å². The Hall–Kier alpha value is -1.21. The van der Waals surface area contributed by atoms with E-state index in [9.17, 15) is 4.79 Å². The molecule has 0 saturated heterocycles. The van der Waals surface area contributed by atoms with Gasteiger partial charge in [0.15, 0.2) is 0 Å². The maximum atomic E-state index is 12.2.